The van der Waals surface area contributed by atoms with Gasteiger partial charge in [0.05, 0.1) is 12.3 Å². The first-order valence-electron chi connectivity index (χ1n) is 9.20. The van der Waals surface area contributed by atoms with Crippen molar-refractivity contribution in [1.82, 2.24) is 4.98 Å². The summed E-state index contributed by atoms with van der Waals surface area (Å²) < 4.78 is 12.1. The van der Waals surface area contributed by atoms with Gasteiger partial charge in [0.2, 0.25) is 5.89 Å². The van der Waals surface area contributed by atoms with Crippen LogP contribution >= 0.6 is 15.9 Å². The van der Waals surface area contributed by atoms with Crippen molar-refractivity contribution in [3.8, 4) is 23.0 Å². The van der Waals surface area contributed by atoms with Gasteiger partial charge in [0.15, 0.2) is 17.1 Å². The normalized spacial score (nSPS) is 11.4. The van der Waals surface area contributed by atoms with Crippen LogP contribution in [0.3, 0.4) is 0 Å². The van der Waals surface area contributed by atoms with Gasteiger partial charge in [-0.25, -0.2) is 4.98 Å². The zero-order valence-corrected chi connectivity index (χ0v) is 17.6. The summed E-state index contributed by atoms with van der Waals surface area (Å²) in [6.45, 7) is 4.37. The molecule has 0 bridgehead atoms. The molecule has 0 unspecified atom stereocenters. The van der Waals surface area contributed by atoms with Gasteiger partial charge in [-0.2, -0.15) is 0 Å². The number of benzene rings is 3. The van der Waals surface area contributed by atoms with Gasteiger partial charge in [-0.3, -0.25) is 4.99 Å². The monoisotopic (exact) mass is 450 g/mol. The number of hydrogen-bond donors (Lipinski definition) is 1. The summed E-state index contributed by atoms with van der Waals surface area (Å²) >= 11 is 3.43. The third-order valence-electron chi connectivity index (χ3n) is 4.39. The highest BCUT2D eigenvalue weighted by molar-refractivity contribution is 9.10. The van der Waals surface area contributed by atoms with E-state index in [1.807, 2.05) is 56.3 Å². The van der Waals surface area contributed by atoms with Crippen LogP contribution in [0, 0.1) is 6.92 Å². The van der Waals surface area contributed by atoms with Crippen molar-refractivity contribution in [2.45, 2.75) is 13.8 Å². The van der Waals surface area contributed by atoms with Crippen molar-refractivity contribution in [2.75, 3.05) is 6.61 Å². The van der Waals surface area contributed by atoms with Crippen LogP contribution in [0.15, 0.2) is 68.5 Å². The molecule has 0 aliphatic heterocycles. The van der Waals surface area contributed by atoms with Gasteiger partial charge in [0.25, 0.3) is 0 Å². The quantitative estimate of drug-likeness (QED) is 0.356. The fourth-order valence-corrected chi connectivity index (χ4v) is 3.37. The average Bonchev–Trinajstić information content (AvgIpc) is 3.13. The van der Waals surface area contributed by atoms with Crippen molar-refractivity contribution in [3.05, 3.63) is 70.2 Å². The lowest BCUT2D eigenvalue weighted by Crippen LogP contribution is -1.94. The molecule has 0 saturated carbocycles. The van der Waals surface area contributed by atoms with Gasteiger partial charge < -0.3 is 14.3 Å². The summed E-state index contributed by atoms with van der Waals surface area (Å²) in [7, 11) is 0. The fraction of sp³-hybridized carbons (Fsp3) is 0.130. The van der Waals surface area contributed by atoms with Crippen molar-refractivity contribution in [3.63, 3.8) is 0 Å². The maximum absolute atomic E-state index is 10.4. The van der Waals surface area contributed by atoms with Crippen molar-refractivity contribution in [2.24, 2.45) is 4.99 Å². The predicted molar refractivity (Wildman–Crippen MR) is 118 cm³/mol. The van der Waals surface area contributed by atoms with E-state index in [-0.39, 0.29) is 5.75 Å². The Bertz CT molecular complexity index is 1200. The van der Waals surface area contributed by atoms with Crippen molar-refractivity contribution >= 4 is 38.9 Å². The molecule has 0 fully saturated rings. The highest BCUT2D eigenvalue weighted by Crippen LogP contribution is 2.33. The predicted octanol–water partition coefficient (Wildman–Crippen LogP) is 6.42. The van der Waals surface area contributed by atoms with Gasteiger partial charge in [0, 0.05) is 21.8 Å². The smallest absolute Gasteiger partial charge is 0.227 e. The Morgan fingerprint density at radius 2 is 1.93 bits per heavy atom. The number of aliphatic imine (C=N–C) groups is 1. The Kier molecular flexibility index (Phi) is 5.36. The highest BCUT2D eigenvalue weighted by atomic mass is 79.9. The van der Waals surface area contributed by atoms with Gasteiger partial charge in [-0.15, -0.1) is 0 Å². The van der Waals surface area contributed by atoms with E-state index in [1.165, 1.54) is 5.56 Å². The second-order valence-corrected chi connectivity index (χ2v) is 7.49. The molecule has 0 aliphatic carbocycles. The first-order chi connectivity index (χ1) is 14.0. The second-order valence-electron chi connectivity index (χ2n) is 6.57. The molecule has 0 saturated heterocycles. The molecule has 4 aromatic rings. The SMILES string of the molecule is CCOc1cc(Br)cc(C=Nc2ccc3oc(-c4ccc(C)cc4)nc3c2)c1O. The third-order valence-corrected chi connectivity index (χ3v) is 4.85. The Morgan fingerprint density at radius 3 is 2.69 bits per heavy atom. The topological polar surface area (TPSA) is 67.9 Å². The van der Waals surface area contributed by atoms with E-state index in [0.29, 0.717) is 35.1 Å². The average molecular weight is 451 g/mol. The number of fused-ring (bicyclic) bond motifs is 1. The summed E-state index contributed by atoms with van der Waals surface area (Å²) in [5.41, 5.74) is 4.80. The number of phenolic OH excluding ortho intramolecular Hbond substituents is 1. The zero-order valence-electron chi connectivity index (χ0n) is 16.0. The van der Waals surface area contributed by atoms with Crippen LogP contribution in [-0.4, -0.2) is 22.9 Å². The zero-order chi connectivity index (χ0) is 20.4. The Labute approximate surface area is 176 Å². The molecule has 29 heavy (non-hydrogen) atoms. The molecule has 0 aliphatic rings. The van der Waals surface area contributed by atoms with Gasteiger partial charge in [-0.05, 0) is 56.3 Å². The third kappa shape index (κ3) is 4.17. The number of aromatic nitrogens is 1. The molecule has 1 heterocycles. The van der Waals surface area contributed by atoms with Crippen LogP contribution in [-0.2, 0) is 0 Å². The number of aromatic hydroxyl groups is 1. The molecule has 1 aromatic heterocycles. The van der Waals surface area contributed by atoms with Crippen LogP contribution < -0.4 is 4.74 Å². The van der Waals surface area contributed by atoms with E-state index in [1.54, 1.807) is 18.3 Å². The Morgan fingerprint density at radius 1 is 1.14 bits per heavy atom. The number of rotatable bonds is 5. The lowest BCUT2D eigenvalue weighted by atomic mass is 10.1. The largest absolute Gasteiger partial charge is 0.504 e. The van der Waals surface area contributed by atoms with Crippen LogP contribution in [0.4, 0.5) is 5.69 Å². The van der Waals surface area contributed by atoms with Crippen LogP contribution in [0.5, 0.6) is 11.5 Å². The minimum atomic E-state index is 0.0583. The summed E-state index contributed by atoms with van der Waals surface area (Å²) in [5.74, 6) is 1.05. The van der Waals surface area contributed by atoms with Gasteiger partial charge >= 0.3 is 0 Å². The van der Waals surface area contributed by atoms with E-state index in [4.69, 9.17) is 9.15 Å². The van der Waals surface area contributed by atoms with Crippen LogP contribution in [0.2, 0.25) is 0 Å². The number of phenols is 1. The number of halogens is 1. The summed E-state index contributed by atoms with van der Waals surface area (Å²) in [6.07, 6.45) is 1.60. The molecular formula is C23H19BrN2O3. The van der Waals surface area contributed by atoms with Crippen LogP contribution in [0.25, 0.3) is 22.6 Å². The number of nitrogens with zero attached hydrogens (tertiary/aromatic N) is 2. The number of oxazole rings is 1. The molecule has 1 N–H and O–H groups in total. The van der Waals surface area contributed by atoms with Gasteiger partial charge in [-0.1, -0.05) is 33.6 Å². The molecular weight excluding hydrogens is 432 g/mol. The fourth-order valence-electron chi connectivity index (χ4n) is 2.92. The standard InChI is InChI=1S/C23H19BrN2O3/c1-3-28-21-11-17(24)10-16(22(21)27)13-25-18-8-9-20-19(12-18)26-23(29-20)15-6-4-14(2)5-7-15/h4-13,27H,3H2,1-2H3. The summed E-state index contributed by atoms with van der Waals surface area (Å²) in [6, 6.07) is 17.1. The first-order valence-corrected chi connectivity index (χ1v) is 10.00. The van der Waals surface area contributed by atoms with Gasteiger partial charge in [0.1, 0.15) is 5.52 Å². The minimum absolute atomic E-state index is 0.0583. The Hall–Kier alpha value is -3.12. The molecule has 0 amide bonds. The molecule has 0 atom stereocenters. The van der Waals surface area contributed by atoms with E-state index in [2.05, 4.69) is 25.9 Å². The minimum Gasteiger partial charge on any atom is -0.504 e. The number of hydrogen-bond acceptors (Lipinski definition) is 5. The first kappa shape index (κ1) is 19.2. The molecule has 5 nitrogen and oxygen atoms in total. The number of aryl methyl sites for hydroxylation is 1. The lowest BCUT2D eigenvalue weighted by Gasteiger charge is -2.08. The van der Waals surface area contributed by atoms with E-state index in [9.17, 15) is 5.11 Å². The molecule has 4 rings (SSSR count). The molecule has 6 heteroatoms. The van der Waals surface area contributed by atoms with E-state index in [0.717, 1.165) is 15.6 Å². The maximum Gasteiger partial charge on any atom is 0.227 e. The van der Waals surface area contributed by atoms with E-state index >= 15 is 0 Å². The molecule has 0 spiro atoms. The Balaban J connectivity index is 1.64. The van der Waals surface area contributed by atoms with Crippen molar-refractivity contribution in [1.29, 1.82) is 0 Å². The molecule has 146 valence electrons. The molecule has 3 aromatic carbocycles. The summed E-state index contributed by atoms with van der Waals surface area (Å²) in [4.78, 5) is 9.06. The second kappa shape index (κ2) is 8.09. The molecule has 0 radical (unpaired) electrons. The van der Waals surface area contributed by atoms with Crippen molar-refractivity contribution < 1.29 is 14.3 Å². The van der Waals surface area contributed by atoms with Crippen LogP contribution in [0.1, 0.15) is 18.1 Å². The highest BCUT2D eigenvalue weighted by Gasteiger charge is 2.10. The maximum atomic E-state index is 10.4. The van der Waals surface area contributed by atoms with E-state index < -0.39 is 0 Å². The number of ether oxygens (including phenoxy) is 1. The summed E-state index contributed by atoms with van der Waals surface area (Å²) in [5, 5.41) is 10.4. The lowest BCUT2D eigenvalue weighted by molar-refractivity contribution is 0.317.